The Kier molecular flexibility index (Phi) is 5.81. The van der Waals surface area contributed by atoms with Crippen LogP contribution >= 0.6 is 35.0 Å². The Bertz CT molecular complexity index is 444. The van der Waals surface area contributed by atoms with Gasteiger partial charge in [0.05, 0.1) is 5.56 Å². The van der Waals surface area contributed by atoms with Crippen LogP contribution in [0.1, 0.15) is 23.2 Å². The minimum Gasteiger partial charge on any atom is -0.334 e. The van der Waals surface area contributed by atoms with Crippen LogP contribution in [0.5, 0.6) is 0 Å². The van der Waals surface area contributed by atoms with Gasteiger partial charge < -0.3 is 10.6 Å². The number of carbonyl (C=O) groups is 1. The molecule has 0 bridgehead atoms. The molecule has 100 valence electrons. The van der Waals surface area contributed by atoms with Crippen LogP contribution in [-0.4, -0.2) is 29.9 Å². The zero-order valence-electron chi connectivity index (χ0n) is 9.73. The zero-order valence-corrected chi connectivity index (χ0v) is 12.7. The van der Waals surface area contributed by atoms with Crippen LogP contribution in [0.15, 0.2) is 18.2 Å². The van der Waals surface area contributed by atoms with Gasteiger partial charge in [-0.15, -0.1) is 12.4 Å². The fourth-order valence-corrected chi connectivity index (χ4v) is 2.87. The molecule has 0 saturated carbocycles. The molecule has 1 saturated heterocycles. The first-order valence-electron chi connectivity index (χ1n) is 5.59. The molecular formula is C12H15ClFIN2O. The number of hydrogen-bond acceptors (Lipinski definition) is 2. The molecule has 0 radical (unpaired) electrons. The largest absolute Gasteiger partial charge is 0.334 e. The second kappa shape index (κ2) is 6.68. The van der Waals surface area contributed by atoms with Gasteiger partial charge in [0.15, 0.2) is 0 Å². The minimum absolute atomic E-state index is 0. The van der Waals surface area contributed by atoms with E-state index < -0.39 is 0 Å². The Morgan fingerprint density at radius 3 is 2.89 bits per heavy atom. The molecule has 0 aromatic heterocycles. The predicted molar refractivity (Wildman–Crippen MR) is 79.5 cm³/mol. The van der Waals surface area contributed by atoms with Crippen molar-refractivity contribution >= 4 is 40.9 Å². The van der Waals surface area contributed by atoms with Gasteiger partial charge in [-0.2, -0.15) is 0 Å². The maximum atomic E-state index is 13.0. The Morgan fingerprint density at radius 1 is 1.56 bits per heavy atom. The number of likely N-dealkylation sites (tertiary alicyclic amines) is 1. The number of carbonyl (C=O) groups excluding carboxylic acids is 1. The highest BCUT2D eigenvalue weighted by Gasteiger charge is 2.29. The second-order valence-electron chi connectivity index (χ2n) is 4.15. The molecule has 1 heterocycles. The molecule has 0 spiro atoms. The third-order valence-electron chi connectivity index (χ3n) is 3.07. The van der Waals surface area contributed by atoms with E-state index in [4.69, 9.17) is 5.73 Å². The van der Waals surface area contributed by atoms with Crippen molar-refractivity contribution in [2.45, 2.75) is 18.9 Å². The lowest BCUT2D eigenvalue weighted by molar-refractivity contribution is 0.0740. The maximum Gasteiger partial charge on any atom is 0.255 e. The van der Waals surface area contributed by atoms with Crippen LogP contribution in [0.2, 0.25) is 0 Å². The van der Waals surface area contributed by atoms with E-state index >= 15 is 0 Å². The third-order valence-corrected chi connectivity index (χ3v) is 3.96. The topological polar surface area (TPSA) is 46.3 Å². The van der Waals surface area contributed by atoms with E-state index in [0.717, 1.165) is 19.4 Å². The SMILES string of the molecule is Cl.NCC1CCCN1C(=O)c1ccc(F)cc1I. The Labute approximate surface area is 125 Å². The Balaban J connectivity index is 0.00000162. The molecule has 1 aromatic carbocycles. The predicted octanol–water partition coefficient (Wildman–Crippen LogP) is 2.42. The van der Waals surface area contributed by atoms with Gasteiger partial charge in [-0.05, 0) is 53.6 Å². The number of benzene rings is 1. The van der Waals surface area contributed by atoms with Crippen LogP contribution < -0.4 is 5.73 Å². The van der Waals surface area contributed by atoms with E-state index in [1.165, 1.54) is 12.1 Å². The van der Waals surface area contributed by atoms with Crippen molar-refractivity contribution in [1.29, 1.82) is 0 Å². The first-order valence-corrected chi connectivity index (χ1v) is 6.67. The van der Waals surface area contributed by atoms with Crippen molar-refractivity contribution in [1.82, 2.24) is 4.90 Å². The molecule has 2 N–H and O–H groups in total. The van der Waals surface area contributed by atoms with Crippen LogP contribution in [-0.2, 0) is 0 Å². The zero-order chi connectivity index (χ0) is 12.4. The monoisotopic (exact) mass is 384 g/mol. The molecule has 1 aliphatic heterocycles. The van der Waals surface area contributed by atoms with Crippen molar-refractivity contribution in [2.75, 3.05) is 13.1 Å². The maximum absolute atomic E-state index is 13.0. The van der Waals surface area contributed by atoms with Gasteiger partial charge in [0, 0.05) is 22.7 Å². The second-order valence-corrected chi connectivity index (χ2v) is 5.32. The summed E-state index contributed by atoms with van der Waals surface area (Å²) < 4.78 is 13.6. The average Bonchev–Trinajstić information content (AvgIpc) is 2.76. The van der Waals surface area contributed by atoms with Crippen LogP contribution in [0.3, 0.4) is 0 Å². The van der Waals surface area contributed by atoms with Crippen molar-refractivity contribution in [3.8, 4) is 0 Å². The first kappa shape index (κ1) is 15.7. The van der Waals surface area contributed by atoms with Crippen LogP contribution in [0.25, 0.3) is 0 Å². The lowest BCUT2D eigenvalue weighted by Crippen LogP contribution is -2.40. The molecule has 1 fully saturated rings. The summed E-state index contributed by atoms with van der Waals surface area (Å²) >= 11 is 1.99. The molecule has 18 heavy (non-hydrogen) atoms. The van der Waals surface area contributed by atoms with Gasteiger partial charge in [-0.3, -0.25) is 4.79 Å². The third kappa shape index (κ3) is 3.13. The number of rotatable bonds is 2. The fraction of sp³-hybridized carbons (Fsp3) is 0.417. The molecule has 2 rings (SSSR count). The number of amides is 1. The van der Waals surface area contributed by atoms with E-state index in [2.05, 4.69) is 0 Å². The molecule has 6 heteroatoms. The van der Waals surface area contributed by atoms with Gasteiger partial charge in [0.25, 0.3) is 5.91 Å². The summed E-state index contributed by atoms with van der Waals surface area (Å²) in [6.45, 7) is 1.23. The van der Waals surface area contributed by atoms with Crippen LogP contribution in [0.4, 0.5) is 4.39 Å². The van der Waals surface area contributed by atoms with Crippen LogP contribution in [0, 0.1) is 9.39 Å². The highest BCUT2D eigenvalue weighted by Crippen LogP contribution is 2.22. The molecular weight excluding hydrogens is 369 g/mol. The summed E-state index contributed by atoms with van der Waals surface area (Å²) in [6, 6.07) is 4.37. The minimum atomic E-state index is -0.317. The highest BCUT2D eigenvalue weighted by molar-refractivity contribution is 14.1. The number of hydrogen-bond donors (Lipinski definition) is 1. The molecule has 1 aliphatic rings. The molecule has 1 atom stereocenters. The lowest BCUT2D eigenvalue weighted by Gasteiger charge is -2.24. The summed E-state index contributed by atoms with van der Waals surface area (Å²) in [5.74, 6) is -0.356. The number of nitrogens with zero attached hydrogens (tertiary/aromatic N) is 1. The summed E-state index contributed by atoms with van der Waals surface area (Å²) in [5.41, 5.74) is 6.21. The van der Waals surface area contributed by atoms with Gasteiger partial charge in [-0.1, -0.05) is 0 Å². The quantitative estimate of drug-likeness (QED) is 0.796. The summed E-state index contributed by atoms with van der Waals surface area (Å²) in [5, 5.41) is 0. The molecule has 1 unspecified atom stereocenters. The highest BCUT2D eigenvalue weighted by atomic mass is 127. The Morgan fingerprint density at radius 2 is 2.28 bits per heavy atom. The molecule has 3 nitrogen and oxygen atoms in total. The number of halogens is 3. The normalized spacial score (nSPS) is 18.6. The Hall–Kier alpha value is -0.400. The summed E-state index contributed by atoms with van der Waals surface area (Å²) in [4.78, 5) is 14.1. The van der Waals surface area contributed by atoms with Crippen molar-refractivity contribution < 1.29 is 9.18 Å². The first-order chi connectivity index (χ1) is 8.13. The number of nitrogens with two attached hydrogens (primary N) is 1. The smallest absolute Gasteiger partial charge is 0.255 e. The van der Waals surface area contributed by atoms with Crippen molar-refractivity contribution in [3.63, 3.8) is 0 Å². The fourth-order valence-electron chi connectivity index (χ4n) is 2.17. The van der Waals surface area contributed by atoms with Crippen molar-refractivity contribution in [3.05, 3.63) is 33.1 Å². The van der Waals surface area contributed by atoms with E-state index in [0.29, 0.717) is 15.7 Å². The van der Waals surface area contributed by atoms with E-state index in [1.54, 1.807) is 11.0 Å². The molecule has 1 aromatic rings. The van der Waals surface area contributed by atoms with Gasteiger partial charge in [-0.25, -0.2) is 4.39 Å². The van der Waals surface area contributed by atoms with E-state index in [9.17, 15) is 9.18 Å². The van der Waals surface area contributed by atoms with Crippen molar-refractivity contribution in [2.24, 2.45) is 5.73 Å². The average molecular weight is 385 g/mol. The van der Waals surface area contributed by atoms with Gasteiger partial charge >= 0.3 is 0 Å². The van der Waals surface area contributed by atoms with E-state index in [-0.39, 0.29) is 30.2 Å². The van der Waals surface area contributed by atoms with Gasteiger partial charge in [0.2, 0.25) is 0 Å². The summed E-state index contributed by atoms with van der Waals surface area (Å²) in [6.07, 6.45) is 1.95. The lowest BCUT2D eigenvalue weighted by atomic mass is 10.1. The standard InChI is InChI=1S/C12H14FIN2O.ClH/c13-8-3-4-10(11(14)6-8)12(17)16-5-1-2-9(16)7-15;/h3-4,6,9H,1-2,5,7,15H2;1H. The molecule has 1 amide bonds. The molecule has 0 aliphatic carbocycles. The summed E-state index contributed by atoms with van der Waals surface area (Å²) in [7, 11) is 0. The van der Waals surface area contributed by atoms with E-state index in [1.807, 2.05) is 22.6 Å². The van der Waals surface area contributed by atoms with Gasteiger partial charge in [0.1, 0.15) is 5.82 Å².